The number of hydrogen-bond acceptors (Lipinski definition) is 7. The highest BCUT2D eigenvalue weighted by molar-refractivity contribution is 7.93. The molecule has 32 heavy (non-hydrogen) atoms. The van der Waals surface area contributed by atoms with Crippen LogP contribution in [0, 0.1) is 12.3 Å². The minimum Gasteiger partial charge on any atom is -0.495 e. The fourth-order valence-electron chi connectivity index (χ4n) is 3.02. The predicted octanol–water partition coefficient (Wildman–Crippen LogP) is 2.40. The average Bonchev–Trinajstić information content (AvgIpc) is 2.75. The molecule has 0 radical (unpaired) electrons. The van der Waals surface area contributed by atoms with Gasteiger partial charge in [0.1, 0.15) is 16.3 Å². The van der Waals surface area contributed by atoms with Crippen LogP contribution in [0.2, 0.25) is 0 Å². The molecule has 1 aliphatic rings. The zero-order valence-electron chi connectivity index (χ0n) is 18.7. The van der Waals surface area contributed by atoms with Crippen LogP contribution in [-0.2, 0) is 26.0 Å². The molecule has 0 aliphatic carbocycles. The molecule has 4 N–H and O–H groups in total. The number of aryl methyl sites for hydroxylation is 1. The Kier molecular flexibility index (Phi) is 8.34. The van der Waals surface area contributed by atoms with Crippen LogP contribution in [0.15, 0.2) is 36.5 Å². The maximum absolute atomic E-state index is 12.6. The van der Waals surface area contributed by atoms with E-state index in [0.717, 1.165) is 22.6 Å². The zero-order chi connectivity index (χ0) is 23.9. The standard InChI is InChI=1S/C15H21N3O4S.C7H9NO/c1-15(2,14(16)17)23(20,21)8-11-7-22-6-10-3-4-12(18-9-19)5-13(10)11;1-6-3-4-7(9-2)5-8-6/h3-5,9,11H,6-8H2,1-2H3,(H3,16,17)(H,18,19);3-5H,1-2H3. The van der Waals surface area contributed by atoms with Gasteiger partial charge in [-0.25, -0.2) is 8.42 Å². The monoisotopic (exact) mass is 462 g/mol. The maximum atomic E-state index is 12.6. The summed E-state index contributed by atoms with van der Waals surface area (Å²) in [5, 5.41) is 10.1. The second kappa shape index (κ2) is 10.6. The number of aromatic nitrogens is 1. The number of pyridine rings is 1. The number of rotatable bonds is 7. The Labute approximate surface area is 188 Å². The van der Waals surface area contributed by atoms with Gasteiger partial charge < -0.3 is 20.5 Å². The average molecular weight is 463 g/mol. The van der Waals surface area contributed by atoms with E-state index >= 15 is 0 Å². The number of anilines is 1. The lowest BCUT2D eigenvalue weighted by atomic mass is 9.94. The van der Waals surface area contributed by atoms with E-state index in [9.17, 15) is 13.2 Å². The lowest BCUT2D eigenvalue weighted by Gasteiger charge is -2.30. The van der Waals surface area contributed by atoms with Crippen molar-refractivity contribution in [2.24, 2.45) is 5.73 Å². The lowest BCUT2D eigenvalue weighted by Crippen LogP contribution is -2.47. The van der Waals surface area contributed by atoms with Gasteiger partial charge in [-0.3, -0.25) is 15.2 Å². The van der Waals surface area contributed by atoms with Crippen LogP contribution < -0.4 is 15.8 Å². The highest BCUT2D eigenvalue weighted by Gasteiger charge is 2.40. The van der Waals surface area contributed by atoms with Crippen molar-refractivity contribution in [3.63, 3.8) is 0 Å². The highest BCUT2D eigenvalue weighted by Crippen LogP contribution is 2.32. The minimum absolute atomic E-state index is 0.170. The van der Waals surface area contributed by atoms with Crippen molar-refractivity contribution in [2.45, 2.75) is 38.0 Å². The number of amidine groups is 1. The van der Waals surface area contributed by atoms with Crippen molar-refractivity contribution in [3.05, 3.63) is 53.3 Å². The van der Waals surface area contributed by atoms with Crippen molar-refractivity contribution in [1.29, 1.82) is 5.41 Å². The first-order chi connectivity index (χ1) is 15.0. The van der Waals surface area contributed by atoms with Crippen LogP contribution in [-0.4, -0.2) is 49.9 Å². The smallest absolute Gasteiger partial charge is 0.211 e. The number of amides is 1. The van der Waals surface area contributed by atoms with E-state index in [2.05, 4.69) is 10.3 Å². The Bertz CT molecular complexity index is 1050. The maximum Gasteiger partial charge on any atom is 0.211 e. The van der Waals surface area contributed by atoms with E-state index < -0.39 is 14.6 Å². The zero-order valence-corrected chi connectivity index (χ0v) is 19.5. The Balaban J connectivity index is 0.000000336. The molecule has 2 aromatic rings. The molecule has 10 heteroatoms. The molecule has 0 fully saturated rings. The number of ether oxygens (including phenoxy) is 2. The topological polar surface area (TPSA) is 144 Å². The van der Waals surface area contributed by atoms with E-state index in [4.69, 9.17) is 20.6 Å². The van der Waals surface area contributed by atoms with Crippen LogP contribution in [0.1, 0.15) is 36.6 Å². The summed E-state index contributed by atoms with van der Waals surface area (Å²) in [6, 6.07) is 9.14. The van der Waals surface area contributed by atoms with E-state index in [-0.39, 0.29) is 24.1 Å². The lowest BCUT2D eigenvalue weighted by molar-refractivity contribution is -0.105. The van der Waals surface area contributed by atoms with Crippen LogP contribution in [0.25, 0.3) is 0 Å². The number of carbonyl (C=O) groups excluding carboxylic acids is 1. The van der Waals surface area contributed by atoms with E-state index in [0.29, 0.717) is 18.7 Å². The number of nitrogens with zero attached hydrogens (tertiary/aromatic N) is 1. The number of fused-ring (bicyclic) bond motifs is 1. The molecule has 1 aromatic carbocycles. The van der Waals surface area contributed by atoms with Gasteiger partial charge in [-0.05, 0) is 56.2 Å². The van der Waals surface area contributed by atoms with Crippen LogP contribution in [0.4, 0.5) is 5.69 Å². The largest absolute Gasteiger partial charge is 0.495 e. The molecule has 174 valence electrons. The molecule has 0 bridgehead atoms. The first-order valence-electron chi connectivity index (χ1n) is 9.96. The molecule has 0 saturated heterocycles. The third-order valence-corrected chi connectivity index (χ3v) is 7.97. The fraction of sp³-hybridized carbons (Fsp3) is 0.409. The molecule has 0 saturated carbocycles. The van der Waals surface area contributed by atoms with Crippen LogP contribution in [0.3, 0.4) is 0 Å². The molecule has 3 rings (SSSR count). The van der Waals surface area contributed by atoms with Crippen molar-refractivity contribution in [1.82, 2.24) is 4.98 Å². The van der Waals surface area contributed by atoms with Gasteiger partial charge in [0, 0.05) is 17.3 Å². The number of sulfone groups is 1. The van der Waals surface area contributed by atoms with Gasteiger partial charge in [0.15, 0.2) is 9.84 Å². The first-order valence-corrected chi connectivity index (χ1v) is 11.6. The Morgan fingerprint density at radius 2 is 2.09 bits per heavy atom. The van der Waals surface area contributed by atoms with Crippen LogP contribution >= 0.6 is 0 Å². The Morgan fingerprint density at radius 1 is 1.38 bits per heavy atom. The van der Waals surface area contributed by atoms with Gasteiger partial charge in [-0.2, -0.15) is 0 Å². The predicted molar refractivity (Wildman–Crippen MR) is 124 cm³/mol. The van der Waals surface area contributed by atoms with Crippen molar-refractivity contribution >= 4 is 27.8 Å². The van der Waals surface area contributed by atoms with Gasteiger partial charge in [0.2, 0.25) is 6.41 Å². The Morgan fingerprint density at radius 3 is 2.66 bits per heavy atom. The Hall–Kier alpha value is -2.98. The molecule has 0 spiro atoms. The molecular weight excluding hydrogens is 432 g/mol. The second-order valence-corrected chi connectivity index (χ2v) is 10.5. The summed E-state index contributed by atoms with van der Waals surface area (Å²) in [5.41, 5.74) is 8.79. The summed E-state index contributed by atoms with van der Waals surface area (Å²) in [4.78, 5) is 14.6. The third kappa shape index (κ3) is 6.04. The third-order valence-electron chi connectivity index (χ3n) is 5.35. The number of methoxy groups -OCH3 is 1. The molecule has 1 aliphatic heterocycles. The van der Waals surface area contributed by atoms with Crippen molar-refractivity contribution < 1.29 is 22.7 Å². The molecule has 1 unspecified atom stereocenters. The molecule has 1 atom stereocenters. The normalized spacial score (nSPS) is 15.6. The summed E-state index contributed by atoms with van der Waals surface area (Å²) in [6.07, 6.45) is 2.28. The number of nitrogens with two attached hydrogens (primary N) is 1. The number of nitrogens with one attached hydrogen (secondary N) is 2. The summed E-state index contributed by atoms with van der Waals surface area (Å²) >= 11 is 0. The summed E-state index contributed by atoms with van der Waals surface area (Å²) in [7, 11) is -2.01. The molecule has 2 heterocycles. The number of hydrogen-bond donors (Lipinski definition) is 3. The van der Waals surface area contributed by atoms with E-state index in [1.807, 2.05) is 25.1 Å². The number of carbonyl (C=O) groups is 1. The van der Waals surface area contributed by atoms with E-state index in [1.165, 1.54) is 13.8 Å². The SMILES string of the molecule is CC(C)(C(=N)N)S(=O)(=O)CC1COCc2ccc(NC=O)cc21.COc1ccc(C)nc1. The summed E-state index contributed by atoms with van der Waals surface area (Å²) < 4.78 is 34.2. The summed E-state index contributed by atoms with van der Waals surface area (Å²) in [5.74, 6) is -0.112. The highest BCUT2D eigenvalue weighted by atomic mass is 32.2. The molecule has 1 aromatic heterocycles. The second-order valence-electron chi connectivity index (χ2n) is 7.93. The van der Waals surface area contributed by atoms with E-state index in [1.54, 1.807) is 25.4 Å². The van der Waals surface area contributed by atoms with Gasteiger partial charge in [0.25, 0.3) is 0 Å². The van der Waals surface area contributed by atoms with Gasteiger partial charge in [-0.1, -0.05) is 6.07 Å². The van der Waals surface area contributed by atoms with Gasteiger partial charge >= 0.3 is 0 Å². The molecule has 9 nitrogen and oxygen atoms in total. The first kappa shape index (κ1) is 25.3. The fourth-order valence-corrected chi connectivity index (χ4v) is 4.58. The molecular formula is C22H30N4O5S. The minimum atomic E-state index is -3.65. The summed E-state index contributed by atoms with van der Waals surface area (Å²) in [6.45, 7) is 5.48. The molecule has 1 amide bonds. The van der Waals surface area contributed by atoms with Crippen molar-refractivity contribution in [3.8, 4) is 5.75 Å². The quantitative estimate of drug-likeness (QED) is 0.325. The number of benzene rings is 1. The van der Waals surface area contributed by atoms with Gasteiger partial charge in [0.05, 0.1) is 32.3 Å². The van der Waals surface area contributed by atoms with Crippen LogP contribution in [0.5, 0.6) is 5.75 Å². The van der Waals surface area contributed by atoms with Crippen molar-refractivity contribution in [2.75, 3.05) is 24.8 Å². The van der Waals surface area contributed by atoms with Gasteiger partial charge in [-0.15, -0.1) is 0 Å².